The third-order valence-electron chi connectivity index (χ3n) is 2.73. The Bertz CT molecular complexity index is 328. The van der Waals surface area contributed by atoms with E-state index in [0.29, 0.717) is 12.6 Å². The Morgan fingerprint density at radius 2 is 1.88 bits per heavy atom. The minimum atomic E-state index is 0.0857. The molecule has 1 aromatic heterocycles. The van der Waals surface area contributed by atoms with Crippen molar-refractivity contribution in [2.75, 3.05) is 0 Å². The molecule has 0 radical (unpaired) electrons. The fourth-order valence-corrected chi connectivity index (χ4v) is 1.57. The van der Waals surface area contributed by atoms with Crippen molar-refractivity contribution in [3.05, 3.63) is 30.1 Å². The standard InChI is InChI=1S/C13H20N2O/c1-4-12(5-2)14-13(16)10-15-8-6-11(3)7-9-15/h6-9,12H,4-5,10H2,1-3H3/p+1. The number of pyridine rings is 1. The Kier molecular flexibility index (Phi) is 4.96. The van der Waals surface area contributed by atoms with E-state index in [4.69, 9.17) is 0 Å². The van der Waals surface area contributed by atoms with Gasteiger partial charge in [-0.05, 0) is 25.3 Å². The smallest absolute Gasteiger partial charge is 0.286 e. The molecular formula is C13H21N2O+. The van der Waals surface area contributed by atoms with Crippen molar-refractivity contribution in [3.8, 4) is 0 Å². The lowest BCUT2D eigenvalue weighted by atomic mass is 10.2. The number of nitrogens with zero attached hydrogens (tertiary/aromatic N) is 1. The Labute approximate surface area is 97.5 Å². The van der Waals surface area contributed by atoms with Gasteiger partial charge in [0.2, 0.25) is 6.54 Å². The summed E-state index contributed by atoms with van der Waals surface area (Å²) in [5, 5.41) is 3.02. The van der Waals surface area contributed by atoms with E-state index < -0.39 is 0 Å². The van der Waals surface area contributed by atoms with Crippen molar-refractivity contribution in [1.82, 2.24) is 5.32 Å². The highest BCUT2D eigenvalue weighted by Gasteiger charge is 2.12. The summed E-state index contributed by atoms with van der Waals surface area (Å²) in [6.45, 7) is 6.62. The molecule has 88 valence electrons. The van der Waals surface area contributed by atoms with Gasteiger partial charge in [0.05, 0.1) is 0 Å². The van der Waals surface area contributed by atoms with Crippen LogP contribution in [0.2, 0.25) is 0 Å². The van der Waals surface area contributed by atoms with E-state index in [1.165, 1.54) is 5.56 Å². The van der Waals surface area contributed by atoms with Gasteiger partial charge in [-0.1, -0.05) is 13.8 Å². The first-order valence-electron chi connectivity index (χ1n) is 5.90. The molecule has 1 N–H and O–H groups in total. The SMILES string of the molecule is CCC(CC)NC(=O)C[n+]1ccc(C)cc1. The first-order chi connectivity index (χ1) is 7.65. The molecule has 1 rings (SSSR count). The third-order valence-corrected chi connectivity index (χ3v) is 2.73. The second-order valence-corrected chi connectivity index (χ2v) is 4.13. The molecule has 0 aliphatic carbocycles. The molecule has 0 aliphatic rings. The van der Waals surface area contributed by atoms with E-state index in [0.717, 1.165) is 12.8 Å². The molecule has 0 aliphatic heterocycles. The summed E-state index contributed by atoms with van der Waals surface area (Å²) in [5.74, 6) is 0.0857. The summed E-state index contributed by atoms with van der Waals surface area (Å²) < 4.78 is 1.89. The van der Waals surface area contributed by atoms with Gasteiger partial charge in [-0.25, -0.2) is 0 Å². The van der Waals surface area contributed by atoms with Crippen LogP contribution in [0.5, 0.6) is 0 Å². The molecule has 3 heteroatoms. The van der Waals surface area contributed by atoms with E-state index in [2.05, 4.69) is 19.2 Å². The van der Waals surface area contributed by atoms with Crippen molar-refractivity contribution in [2.24, 2.45) is 0 Å². The summed E-state index contributed by atoms with van der Waals surface area (Å²) in [6.07, 6.45) is 5.84. The topological polar surface area (TPSA) is 33.0 Å². The van der Waals surface area contributed by atoms with Gasteiger partial charge >= 0.3 is 0 Å². The zero-order valence-corrected chi connectivity index (χ0v) is 10.4. The first-order valence-corrected chi connectivity index (χ1v) is 5.90. The predicted octanol–water partition coefficient (Wildman–Crippen LogP) is 1.59. The van der Waals surface area contributed by atoms with Gasteiger partial charge in [-0.3, -0.25) is 4.79 Å². The largest absolute Gasteiger partial charge is 0.348 e. The number of aromatic nitrogens is 1. The van der Waals surface area contributed by atoms with Crippen LogP contribution < -0.4 is 9.88 Å². The van der Waals surface area contributed by atoms with Crippen LogP contribution in [0.3, 0.4) is 0 Å². The van der Waals surface area contributed by atoms with E-state index in [-0.39, 0.29) is 5.91 Å². The van der Waals surface area contributed by atoms with Crippen molar-refractivity contribution in [2.45, 2.75) is 46.2 Å². The van der Waals surface area contributed by atoms with E-state index in [1.54, 1.807) is 0 Å². The molecule has 1 heterocycles. The summed E-state index contributed by atoms with van der Waals surface area (Å²) in [7, 11) is 0. The highest BCUT2D eigenvalue weighted by Crippen LogP contribution is 1.95. The molecule has 1 aromatic rings. The predicted molar refractivity (Wildman–Crippen MR) is 63.9 cm³/mol. The van der Waals surface area contributed by atoms with Crippen LogP contribution in [0.4, 0.5) is 0 Å². The van der Waals surface area contributed by atoms with Crippen LogP contribution in [0.1, 0.15) is 32.3 Å². The molecule has 0 aromatic carbocycles. The highest BCUT2D eigenvalue weighted by atomic mass is 16.2. The monoisotopic (exact) mass is 221 g/mol. The average Bonchev–Trinajstić information content (AvgIpc) is 2.29. The number of carbonyl (C=O) groups is 1. The van der Waals surface area contributed by atoms with Gasteiger partial charge in [0, 0.05) is 18.2 Å². The zero-order chi connectivity index (χ0) is 12.0. The molecule has 0 fully saturated rings. The second kappa shape index (κ2) is 6.26. The Morgan fingerprint density at radius 1 is 1.31 bits per heavy atom. The van der Waals surface area contributed by atoms with Crippen LogP contribution in [0, 0.1) is 6.92 Å². The summed E-state index contributed by atoms with van der Waals surface area (Å²) in [5.41, 5.74) is 1.21. The lowest BCUT2D eigenvalue weighted by molar-refractivity contribution is -0.684. The zero-order valence-electron chi connectivity index (χ0n) is 10.4. The minimum absolute atomic E-state index is 0.0857. The van der Waals surface area contributed by atoms with Gasteiger partial charge in [0.1, 0.15) is 0 Å². The van der Waals surface area contributed by atoms with Crippen molar-refractivity contribution >= 4 is 5.91 Å². The normalized spacial score (nSPS) is 10.5. The maximum absolute atomic E-state index is 11.7. The third kappa shape index (κ3) is 4.01. The number of aryl methyl sites for hydroxylation is 1. The Balaban J connectivity index is 2.48. The molecule has 16 heavy (non-hydrogen) atoms. The molecule has 0 saturated carbocycles. The van der Waals surface area contributed by atoms with Gasteiger partial charge in [0.25, 0.3) is 5.91 Å². The number of nitrogens with one attached hydrogen (secondary N) is 1. The molecule has 0 unspecified atom stereocenters. The quantitative estimate of drug-likeness (QED) is 0.752. The van der Waals surface area contributed by atoms with Crippen LogP contribution in [-0.2, 0) is 11.3 Å². The fourth-order valence-electron chi connectivity index (χ4n) is 1.57. The van der Waals surface area contributed by atoms with Gasteiger partial charge < -0.3 is 5.32 Å². The summed E-state index contributed by atoms with van der Waals surface area (Å²) in [6, 6.07) is 4.31. The molecule has 1 amide bonds. The molecule has 3 nitrogen and oxygen atoms in total. The van der Waals surface area contributed by atoms with Crippen LogP contribution in [-0.4, -0.2) is 11.9 Å². The van der Waals surface area contributed by atoms with Gasteiger partial charge in [-0.2, -0.15) is 4.57 Å². The Morgan fingerprint density at radius 3 is 2.38 bits per heavy atom. The molecule has 0 spiro atoms. The first kappa shape index (κ1) is 12.7. The van der Waals surface area contributed by atoms with E-state index in [1.807, 2.05) is 36.0 Å². The molecule has 0 bridgehead atoms. The maximum atomic E-state index is 11.7. The van der Waals surface area contributed by atoms with Crippen molar-refractivity contribution < 1.29 is 9.36 Å². The second-order valence-electron chi connectivity index (χ2n) is 4.13. The number of amides is 1. The summed E-state index contributed by atoms with van der Waals surface area (Å²) >= 11 is 0. The number of rotatable bonds is 5. The Hall–Kier alpha value is -1.38. The number of hydrogen-bond acceptors (Lipinski definition) is 1. The number of hydrogen-bond donors (Lipinski definition) is 1. The average molecular weight is 221 g/mol. The molecule has 0 atom stereocenters. The molecular weight excluding hydrogens is 200 g/mol. The van der Waals surface area contributed by atoms with E-state index >= 15 is 0 Å². The summed E-state index contributed by atoms with van der Waals surface area (Å²) in [4.78, 5) is 11.7. The lowest BCUT2D eigenvalue weighted by Crippen LogP contribution is -2.45. The van der Waals surface area contributed by atoms with Crippen LogP contribution in [0.15, 0.2) is 24.5 Å². The fraction of sp³-hybridized carbons (Fsp3) is 0.538. The minimum Gasteiger partial charge on any atom is -0.348 e. The van der Waals surface area contributed by atoms with Crippen molar-refractivity contribution in [3.63, 3.8) is 0 Å². The van der Waals surface area contributed by atoms with Crippen molar-refractivity contribution in [1.29, 1.82) is 0 Å². The van der Waals surface area contributed by atoms with Gasteiger partial charge in [0.15, 0.2) is 12.4 Å². The van der Waals surface area contributed by atoms with Crippen LogP contribution in [0.25, 0.3) is 0 Å². The molecule has 0 saturated heterocycles. The maximum Gasteiger partial charge on any atom is 0.286 e. The van der Waals surface area contributed by atoms with Crippen LogP contribution >= 0.6 is 0 Å². The van der Waals surface area contributed by atoms with E-state index in [9.17, 15) is 4.79 Å². The van der Waals surface area contributed by atoms with Gasteiger partial charge in [-0.15, -0.1) is 0 Å². The number of carbonyl (C=O) groups excluding carboxylic acids is 1. The highest BCUT2D eigenvalue weighted by molar-refractivity contribution is 5.74. The lowest BCUT2D eigenvalue weighted by Gasteiger charge is -2.12.